The van der Waals surface area contributed by atoms with E-state index in [-0.39, 0.29) is 18.4 Å². The Morgan fingerprint density at radius 2 is 2.00 bits per heavy atom. The van der Waals surface area contributed by atoms with E-state index >= 15 is 0 Å². The first kappa shape index (κ1) is 12.7. The highest BCUT2D eigenvalue weighted by atomic mass is 16.5. The van der Waals surface area contributed by atoms with Crippen LogP contribution in [0.5, 0.6) is 0 Å². The van der Waals surface area contributed by atoms with Gasteiger partial charge in [0.1, 0.15) is 6.54 Å². The van der Waals surface area contributed by atoms with Gasteiger partial charge < -0.3 is 9.64 Å². The third-order valence-electron chi connectivity index (χ3n) is 1.63. The molecule has 0 heterocycles. The molecule has 0 radical (unpaired) electrons. The SMILES string of the molecule is C/C=C/C(=O)N(CC)CC(=O)OCC. The Balaban J connectivity index is 4.14. The van der Waals surface area contributed by atoms with Gasteiger partial charge in [-0.1, -0.05) is 6.08 Å². The zero-order valence-corrected chi connectivity index (χ0v) is 8.95. The van der Waals surface area contributed by atoms with Crippen molar-refractivity contribution >= 4 is 11.9 Å². The van der Waals surface area contributed by atoms with Crippen LogP contribution in [-0.2, 0) is 14.3 Å². The van der Waals surface area contributed by atoms with Crippen LogP contribution in [0.15, 0.2) is 12.2 Å². The molecule has 0 bridgehead atoms. The lowest BCUT2D eigenvalue weighted by Gasteiger charge is -2.17. The fraction of sp³-hybridized carbons (Fsp3) is 0.600. The van der Waals surface area contributed by atoms with Crippen molar-refractivity contribution in [3.8, 4) is 0 Å². The molecule has 4 heteroatoms. The molecule has 0 N–H and O–H groups in total. The first-order valence-electron chi connectivity index (χ1n) is 4.72. The molecule has 0 aliphatic rings. The average molecular weight is 199 g/mol. The minimum absolute atomic E-state index is 0.0213. The van der Waals surface area contributed by atoms with E-state index in [2.05, 4.69) is 0 Å². The number of hydrogen-bond donors (Lipinski definition) is 0. The zero-order chi connectivity index (χ0) is 11.0. The minimum Gasteiger partial charge on any atom is -0.465 e. The third kappa shape index (κ3) is 4.64. The van der Waals surface area contributed by atoms with E-state index in [0.717, 1.165) is 0 Å². The Hall–Kier alpha value is -1.32. The van der Waals surface area contributed by atoms with Crippen molar-refractivity contribution < 1.29 is 14.3 Å². The number of carbonyl (C=O) groups is 2. The molecule has 0 aromatic carbocycles. The van der Waals surface area contributed by atoms with Crippen LogP contribution in [0.3, 0.4) is 0 Å². The van der Waals surface area contributed by atoms with Gasteiger partial charge in [0.2, 0.25) is 5.91 Å². The van der Waals surface area contributed by atoms with Gasteiger partial charge in [-0.15, -0.1) is 0 Å². The lowest BCUT2D eigenvalue weighted by Crippen LogP contribution is -2.35. The second-order valence-corrected chi connectivity index (χ2v) is 2.66. The quantitative estimate of drug-likeness (QED) is 0.489. The summed E-state index contributed by atoms with van der Waals surface area (Å²) < 4.78 is 4.75. The van der Waals surface area contributed by atoms with Crippen molar-refractivity contribution in [2.75, 3.05) is 19.7 Å². The number of amides is 1. The summed E-state index contributed by atoms with van der Waals surface area (Å²) in [5.41, 5.74) is 0. The van der Waals surface area contributed by atoms with Crippen LogP contribution >= 0.6 is 0 Å². The molecule has 4 nitrogen and oxygen atoms in total. The van der Waals surface area contributed by atoms with E-state index in [0.29, 0.717) is 13.2 Å². The van der Waals surface area contributed by atoms with Crippen molar-refractivity contribution in [3.63, 3.8) is 0 Å². The maximum atomic E-state index is 11.3. The molecule has 0 saturated heterocycles. The van der Waals surface area contributed by atoms with E-state index in [4.69, 9.17) is 4.74 Å². The maximum Gasteiger partial charge on any atom is 0.325 e. The fourth-order valence-electron chi connectivity index (χ4n) is 0.956. The molecule has 0 aromatic rings. The molecule has 0 aliphatic heterocycles. The van der Waals surface area contributed by atoms with E-state index in [1.807, 2.05) is 6.92 Å². The summed E-state index contributed by atoms with van der Waals surface area (Å²) in [6.07, 6.45) is 3.08. The minimum atomic E-state index is -0.368. The second-order valence-electron chi connectivity index (χ2n) is 2.66. The van der Waals surface area contributed by atoms with Gasteiger partial charge in [-0.2, -0.15) is 0 Å². The summed E-state index contributed by atoms with van der Waals surface area (Å²) in [5, 5.41) is 0. The van der Waals surface area contributed by atoms with Gasteiger partial charge in [-0.05, 0) is 26.8 Å². The molecule has 1 amide bonds. The molecule has 0 unspecified atom stereocenters. The fourth-order valence-corrected chi connectivity index (χ4v) is 0.956. The Kier molecular flexibility index (Phi) is 6.45. The molecule has 0 aliphatic carbocycles. The van der Waals surface area contributed by atoms with Crippen LogP contribution in [0.2, 0.25) is 0 Å². The third-order valence-corrected chi connectivity index (χ3v) is 1.63. The topological polar surface area (TPSA) is 46.6 Å². The summed E-state index contributed by atoms with van der Waals surface area (Å²) in [6, 6.07) is 0. The molecular weight excluding hydrogens is 182 g/mol. The number of ether oxygens (including phenoxy) is 1. The molecule has 0 spiro atoms. The van der Waals surface area contributed by atoms with Crippen LogP contribution in [0.25, 0.3) is 0 Å². The largest absolute Gasteiger partial charge is 0.465 e. The maximum absolute atomic E-state index is 11.3. The van der Waals surface area contributed by atoms with Crippen molar-refractivity contribution in [3.05, 3.63) is 12.2 Å². The Morgan fingerprint density at radius 3 is 2.43 bits per heavy atom. The molecule has 0 aromatic heterocycles. The van der Waals surface area contributed by atoms with E-state index in [1.165, 1.54) is 11.0 Å². The summed E-state index contributed by atoms with van der Waals surface area (Å²) in [6.45, 7) is 6.18. The molecule has 0 atom stereocenters. The van der Waals surface area contributed by atoms with Crippen LogP contribution in [0, 0.1) is 0 Å². The predicted molar refractivity (Wildman–Crippen MR) is 53.7 cm³/mol. The van der Waals surface area contributed by atoms with Gasteiger partial charge in [-0.3, -0.25) is 9.59 Å². The number of hydrogen-bond acceptors (Lipinski definition) is 3. The zero-order valence-electron chi connectivity index (χ0n) is 8.95. The van der Waals surface area contributed by atoms with Crippen LogP contribution in [0.1, 0.15) is 20.8 Å². The summed E-state index contributed by atoms with van der Waals surface area (Å²) >= 11 is 0. The number of rotatable bonds is 5. The second kappa shape index (κ2) is 7.12. The molecular formula is C10H17NO3. The van der Waals surface area contributed by atoms with Gasteiger partial charge >= 0.3 is 5.97 Å². The van der Waals surface area contributed by atoms with Gasteiger partial charge in [0.05, 0.1) is 6.61 Å². The summed E-state index contributed by atoms with van der Waals surface area (Å²) in [4.78, 5) is 23.9. The first-order chi connectivity index (χ1) is 6.65. The number of nitrogens with zero attached hydrogens (tertiary/aromatic N) is 1. The lowest BCUT2D eigenvalue weighted by atomic mass is 10.4. The van der Waals surface area contributed by atoms with Crippen LogP contribution in [-0.4, -0.2) is 36.5 Å². The predicted octanol–water partition coefficient (Wildman–Crippen LogP) is 0.974. The number of allylic oxidation sites excluding steroid dienone is 1. The molecule has 14 heavy (non-hydrogen) atoms. The normalized spacial score (nSPS) is 10.2. The number of esters is 1. The molecule has 0 saturated carbocycles. The smallest absolute Gasteiger partial charge is 0.325 e. The number of carbonyl (C=O) groups excluding carboxylic acids is 2. The van der Waals surface area contributed by atoms with Crippen LogP contribution < -0.4 is 0 Å². The Labute approximate surface area is 84.5 Å². The number of likely N-dealkylation sites (N-methyl/N-ethyl adjacent to an activating group) is 1. The summed E-state index contributed by atoms with van der Waals surface area (Å²) in [7, 11) is 0. The first-order valence-corrected chi connectivity index (χ1v) is 4.72. The Morgan fingerprint density at radius 1 is 1.36 bits per heavy atom. The highest BCUT2D eigenvalue weighted by Gasteiger charge is 2.13. The van der Waals surface area contributed by atoms with Crippen molar-refractivity contribution in [1.82, 2.24) is 4.90 Å². The van der Waals surface area contributed by atoms with Crippen molar-refractivity contribution in [1.29, 1.82) is 0 Å². The highest BCUT2D eigenvalue weighted by molar-refractivity contribution is 5.90. The van der Waals surface area contributed by atoms with E-state index in [1.54, 1.807) is 19.9 Å². The van der Waals surface area contributed by atoms with E-state index < -0.39 is 0 Å². The molecule has 0 rings (SSSR count). The highest BCUT2D eigenvalue weighted by Crippen LogP contribution is 1.93. The molecule has 0 fully saturated rings. The monoisotopic (exact) mass is 199 g/mol. The van der Waals surface area contributed by atoms with Crippen LogP contribution in [0.4, 0.5) is 0 Å². The molecule has 80 valence electrons. The van der Waals surface area contributed by atoms with Crippen molar-refractivity contribution in [2.24, 2.45) is 0 Å². The van der Waals surface area contributed by atoms with Gasteiger partial charge in [0.15, 0.2) is 0 Å². The van der Waals surface area contributed by atoms with Gasteiger partial charge in [0, 0.05) is 6.54 Å². The lowest BCUT2D eigenvalue weighted by molar-refractivity contribution is -0.147. The summed E-state index contributed by atoms with van der Waals surface area (Å²) in [5.74, 6) is -0.532. The standard InChI is InChI=1S/C10H17NO3/c1-4-7-9(12)11(5-2)8-10(13)14-6-3/h4,7H,5-6,8H2,1-3H3/b7-4+. The van der Waals surface area contributed by atoms with Gasteiger partial charge in [0.25, 0.3) is 0 Å². The van der Waals surface area contributed by atoms with E-state index in [9.17, 15) is 9.59 Å². The van der Waals surface area contributed by atoms with Gasteiger partial charge in [-0.25, -0.2) is 0 Å². The average Bonchev–Trinajstić information content (AvgIpc) is 2.15. The Bertz CT molecular complexity index is 223. The van der Waals surface area contributed by atoms with Crippen molar-refractivity contribution in [2.45, 2.75) is 20.8 Å².